The first-order valence-corrected chi connectivity index (χ1v) is 39.8. The van der Waals surface area contributed by atoms with E-state index in [0.29, 0.717) is 17.4 Å². The zero-order chi connectivity index (χ0) is 62.6. The molecule has 0 fully saturated rings. The Morgan fingerprint density at radius 3 is 0.942 bits per heavy atom. The SMILES string of the molecule is CCCCCCCCCC/C=C\CCCCCCCCCCCCCCCCCCCCCCCC(=O)NC(COP(=O)([O-])OCC[N+](C)(C)C)C(O)/C=C/CC/C=C/CCCCCCCCCCCCCCCCCCCCCCCCCCC. The highest BCUT2D eigenvalue weighted by atomic mass is 31.2. The highest BCUT2D eigenvalue weighted by molar-refractivity contribution is 7.45. The zero-order valence-electron chi connectivity index (χ0n) is 58.5. The fourth-order valence-electron chi connectivity index (χ4n) is 11.9. The summed E-state index contributed by atoms with van der Waals surface area (Å²) in [7, 11) is 1.26. The molecule has 0 aromatic carbocycles. The standard InChI is InChI=1S/C77H151N2O6P/c1-6-8-10-12-14-16-18-20-22-24-26-28-30-32-34-36-38-39-41-43-45-47-49-51-53-55-57-59-61-63-65-67-69-71-77(81)78-75(74-85-86(82,83)84-73-72-79(3,4)5)76(80)70-68-66-64-62-60-58-56-54-52-50-48-46-44-42-40-37-35-33-31-29-27-25-23-21-19-17-15-13-11-9-7-2/h24,26,60,62,68,70,75-76,80H,6-23,25,27-59,61,63-67,69,71-74H2,1-5H3,(H-,78,81,82,83)/b26-24-,62-60+,70-68+. The summed E-state index contributed by atoms with van der Waals surface area (Å²) < 4.78 is 23.5. The van der Waals surface area contributed by atoms with E-state index in [4.69, 9.17) is 9.05 Å². The number of hydrogen-bond acceptors (Lipinski definition) is 6. The van der Waals surface area contributed by atoms with Crippen molar-refractivity contribution in [3.63, 3.8) is 0 Å². The van der Waals surface area contributed by atoms with E-state index < -0.39 is 20.0 Å². The van der Waals surface area contributed by atoms with E-state index in [1.54, 1.807) is 6.08 Å². The Morgan fingerprint density at radius 2 is 0.651 bits per heavy atom. The lowest BCUT2D eigenvalue weighted by Crippen LogP contribution is -2.45. The smallest absolute Gasteiger partial charge is 0.268 e. The molecule has 8 nitrogen and oxygen atoms in total. The molecule has 0 aliphatic rings. The molecule has 510 valence electrons. The molecule has 3 unspecified atom stereocenters. The summed E-state index contributed by atoms with van der Waals surface area (Å²) in [4.78, 5) is 25.7. The van der Waals surface area contributed by atoms with Crippen LogP contribution in [0.3, 0.4) is 0 Å². The van der Waals surface area contributed by atoms with E-state index in [0.717, 1.165) is 38.5 Å². The van der Waals surface area contributed by atoms with Gasteiger partial charge < -0.3 is 28.8 Å². The lowest BCUT2D eigenvalue weighted by atomic mass is 10.0. The predicted molar refractivity (Wildman–Crippen MR) is 376 cm³/mol. The first-order valence-electron chi connectivity index (χ1n) is 38.4. The summed E-state index contributed by atoms with van der Waals surface area (Å²) in [6.07, 6.45) is 91.7. The maximum absolute atomic E-state index is 13.1. The number of rotatable bonds is 72. The third kappa shape index (κ3) is 70.2. The first kappa shape index (κ1) is 84.7. The second-order valence-corrected chi connectivity index (χ2v) is 29.1. The number of aliphatic hydroxyl groups is 1. The van der Waals surface area contributed by atoms with Crippen molar-refractivity contribution in [2.75, 3.05) is 40.9 Å². The van der Waals surface area contributed by atoms with Crippen LogP contribution in [0.4, 0.5) is 0 Å². The number of carbonyl (C=O) groups excluding carboxylic acids is 1. The molecule has 0 aliphatic heterocycles. The van der Waals surface area contributed by atoms with Gasteiger partial charge >= 0.3 is 0 Å². The molecular weight excluding hydrogens is 1080 g/mol. The van der Waals surface area contributed by atoms with Gasteiger partial charge in [0.05, 0.1) is 39.9 Å². The van der Waals surface area contributed by atoms with Crippen molar-refractivity contribution in [1.29, 1.82) is 0 Å². The van der Waals surface area contributed by atoms with Gasteiger partial charge in [-0.25, -0.2) is 0 Å². The molecule has 0 bridgehead atoms. The van der Waals surface area contributed by atoms with E-state index in [2.05, 4.69) is 43.5 Å². The van der Waals surface area contributed by atoms with Gasteiger partial charge in [0.15, 0.2) is 0 Å². The van der Waals surface area contributed by atoms with Gasteiger partial charge in [-0.2, -0.15) is 0 Å². The van der Waals surface area contributed by atoms with E-state index >= 15 is 0 Å². The van der Waals surface area contributed by atoms with Crippen LogP contribution in [0.2, 0.25) is 0 Å². The van der Waals surface area contributed by atoms with Gasteiger partial charge in [0, 0.05) is 6.42 Å². The van der Waals surface area contributed by atoms with E-state index in [9.17, 15) is 19.4 Å². The summed E-state index contributed by atoms with van der Waals surface area (Å²) in [5.74, 6) is -0.198. The number of nitrogens with zero attached hydrogens (tertiary/aromatic N) is 1. The summed E-state index contributed by atoms with van der Waals surface area (Å²) in [6, 6.07) is -0.904. The molecule has 86 heavy (non-hydrogen) atoms. The minimum absolute atomic E-state index is 0.00423. The van der Waals surface area contributed by atoms with Crippen molar-refractivity contribution >= 4 is 13.7 Å². The van der Waals surface area contributed by atoms with Crippen LogP contribution < -0.4 is 10.2 Å². The van der Waals surface area contributed by atoms with Gasteiger partial charge in [0.1, 0.15) is 13.2 Å². The summed E-state index contributed by atoms with van der Waals surface area (Å²) in [6.45, 7) is 4.69. The number of phosphoric acid groups is 1. The Bertz CT molecular complexity index is 1500. The molecule has 0 radical (unpaired) electrons. The highest BCUT2D eigenvalue weighted by Gasteiger charge is 2.23. The van der Waals surface area contributed by atoms with Crippen molar-refractivity contribution in [3.8, 4) is 0 Å². The van der Waals surface area contributed by atoms with Crippen LogP contribution in [0.15, 0.2) is 36.5 Å². The largest absolute Gasteiger partial charge is 0.756 e. The van der Waals surface area contributed by atoms with Crippen LogP contribution >= 0.6 is 7.82 Å². The third-order valence-electron chi connectivity index (χ3n) is 17.8. The molecule has 0 aromatic rings. The molecule has 0 aromatic heterocycles. The van der Waals surface area contributed by atoms with E-state index in [-0.39, 0.29) is 19.1 Å². The topological polar surface area (TPSA) is 108 Å². The second kappa shape index (κ2) is 68.1. The number of phosphoric ester groups is 1. The Labute approximate surface area is 537 Å². The van der Waals surface area contributed by atoms with Crippen LogP contribution in [0.5, 0.6) is 0 Å². The monoisotopic (exact) mass is 1230 g/mol. The van der Waals surface area contributed by atoms with E-state index in [1.165, 1.54) is 340 Å². The normalized spacial score (nSPS) is 13.7. The molecule has 9 heteroatoms. The number of allylic oxidation sites excluding steroid dienone is 5. The van der Waals surface area contributed by atoms with Gasteiger partial charge in [-0.3, -0.25) is 9.36 Å². The molecular formula is C77H151N2O6P. The van der Waals surface area contributed by atoms with Crippen molar-refractivity contribution in [2.24, 2.45) is 0 Å². The molecule has 0 saturated carbocycles. The van der Waals surface area contributed by atoms with Crippen LogP contribution in [-0.4, -0.2) is 68.5 Å². The fourth-order valence-corrected chi connectivity index (χ4v) is 12.6. The minimum atomic E-state index is -4.61. The van der Waals surface area contributed by atoms with Crippen molar-refractivity contribution < 1.29 is 32.9 Å². The van der Waals surface area contributed by atoms with Gasteiger partial charge in [-0.15, -0.1) is 0 Å². The predicted octanol–water partition coefficient (Wildman–Crippen LogP) is 24.2. The number of amides is 1. The quantitative estimate of drug-likeness (QED) is 0.0272. The molecule has 0 spiro atoms. The molecule has 1 amide bonds. The number of hydrogen-bond donors (Lipinski definition) is 2. The average Bonchev–Trinajstić information content (AvgIpc) is 3.70. The minimum Gasteiger partial charge on any atom is -0.756 e. The number of nitrogens with one attached hydrogen (secondary N) is 1. The lowest BCUT2D eigenvalue weighted by molar-refractivity contribution is -0.870. The van der Waals surface area contributed by atoms with Gasteiger partial charge in [0.25, 0.3) is 7.82 Å². The van der Waals surface area contributed by atoms with E-state index in [1.807, 2.05) is 27.2 Å². The Hall–Kier alpha value is -1.28. The Morgan fingerprint density at radius 1 is 0.395 bits per heavy atom. The summed E-state index contributed by atoms with van der Waals surface area (Å²) in [5.41, 5.74) is 0. The molecule has 2 N–H and O–H groups in total. The molecule has 0 rings (SSSR count). The summed E-state index contributed by atoms with van der Waals surface area (Å²) >= 11 is 0. The van der Waals surface area contributed by atoms with Crippen molar-refractivity contribution in [1.82, 2.24) is 5.32 Å². The highest BCUT2D eigenvalue weighted by Crippen LogP contribution is 2.38. The molecule has 0 aliphatic carbocycles. The maximum atomic E-state index is 13.1. The van der Waals surface area contributed by atoms with Gasteiger partial charge in [-0.1, -0.05) is 371 Å². The Kier molecular flexibility index (Phi) is 67.1. The van der Waals surface area contributed by atoms with Crippen LogP contribution in [0.1, 0.15) is 399 Å². The number of unbranched alkanes of at least 4 members (excludes halogenated alkanes) is 55. The third-order valence-corrected chi connectivity index (χ3v) is 18.8. The van der Waals surface area contributed by atoms with Crippen LogP contribution in [-0.2, 0) is 18.4 Å². The second-order valence-electron chi connectivity index (χ2n) is 27.7. The first-order chi connectivity index (χ1) is 42.0. The number of carbonyl (C=O) groups is 1. The lowest BCUT2D eigenvalue weighted by Gasteiger charge is -2.29. The number of likely N-dealkylation sites (N-methyl/N-ethyl adjacent to an activating group) is 1. The van der Waals surface area contributed by atoms with Crippen LogP contribution in [0.25, 0.3) is 0 Å². The molecule has 3 atom stereocenters. The fraction of sp³-hybridized carbons (Fsp3) is 0.909. The maximum Gasteiger partial charge on any atom is 0.268 e. The summed E-state index contributed by atoms with van der Waals surface area (Å²) in [5, 5.41) is 14.0. The molecule has 0 heterocycles. The number of quaternary nitrogens is 1. The van der Waals surface area contributed by atoms with Crippen molar-refractivity contribution in [3.05, 3.63) is 36.5 Å². The Balaban J connectivity index is 4.01. The molecule has 0 saturated heterocycles. The van der Waals surface area contributed by atoms with Crippen molar-refractivity contribution in [2.45, 2.75) is 411 Å². The van der Waals surface area contributed by atoms with Gasteiger partial charge in [-0.05, 0) is 57.8 Å². The number of aliphatic hydroxyl groups excluding tert-OH is 1. The average molecular weight is 1230 g/mol. The van der Waals surface area contributed by atoms with Crippen LogP contribution in [0, 0.1) is 0 Å². The zero-order valence-corrected chi connectivity index (χ0v) is 59.4. The van der Waals surface area contributed by atoms with Gasteiger partial charge in [0.2, 0.25) is 5.91 Å².